The molecule has 1 atom stereocenters. The molecule has 3 heterocycles. The van der Waals surface area contributed by atoms with Gasteiger partial charge in [0.1, 0.15) is 15.9 Å². The van der Waals surface area contributed by atoms with Crippen molar-refractivity contribution in [2.24, 2.45) is 0 Å². The molecule has 0 bridgehead atoms. The van der Waals surface area contributed by atoms with Gasteiger partial charge in [-0.3, -0.25) is 9.36 Å². The maximum Gasteiger partial charge on any atom is 0.261 e. The first-order chi connectivity index (χ1) is 14.1. The molecule has 2 aromatic carbocycles. The van der Waals surface area contributed by atoms with E-state index in [2.05, 4.69) is 13.7 Å². The molecule has 0 spiro atoms. The molecule has 8 nitrogen and oxygen atoms in total. The van der Waals surface area contributed by atoms with Gasteiger partial charge in [0.25, 0.3) is 5.56 Å². The van der Waals surface area contributed by atoms with Gasteiger partial charge in [0.05, 0.1) is 35.0 Å². The lowest BCUT2D eigenvalue weighted by Crippen LogP contribution is -2.42. The third kappa shape index (κ3) is 3.04. The molecule has 5 rings (SSSR count). The van der Waals surface area contributed by atoms with Gasteiger partial charge < -0.3 is 0 Å². The number of nitrogens with zero attached hydrogens (tertiary/aromatic N) is 5. The van der Waals surface area contributed by atoms with E-state index in [-0.39, 0.29) is 23.0 Å². The van der Waals surface area contributed by atoms with Gasteiger partial charge in [0.2, 0.25) is 10.0 Å². The van der Waals surface area contributed by atoms with Gasteiger partial charge in [-0.15, -0.1) is 0 Å². The van der Waals surface area contributed by atoms with Crippen LogP contribution in [-0.2, 0) is 10.0 Å². The fraction of sp³-hybridized carbons (Fsp3) is 0.263. The summed E-state index contributed by atoms with van der Waals surface area (Å²) in [7, 11) is -3.75. The molecule has 1 aliphatic heterocycles. The summed E-state index contributed by atoms with van der Waals surface area (Å²) >= 11 is 0.994. The third-order valence-electron chi connectivity index (χ3n) is 5.31. The molecular weight excluding hydrogens is 410 g/mol. The van der Waals surface area contributed by atoms with E-state index in [1.165, 1.54) is 10.6 Å². The molecule has 0 unspecified atom stereocenters. The first-order valence-corrected chi connectivity index (χ1v) is 11.4. The summed E-state index contributed by atoms with van der Waals surface area (Å²) in [5.74, 6) is 0. The second kappa shape index (κ2) is 6.97. The Kier molecular flexibility index (Phi) is 4.41. The zero-order chi connectivity index (χ0) is 20.0. The fourth-order valence-electron chi connectivity index (χ4n) is 3.84. The molecule has 10 heteroatoms. The van der Waals surface area contributed by atoms with Crippen molar-refractivity contribution in [2.45, 2.75) is 23.8 Å². The van der Waals surface area contributed by atoms with Crippen molar-refractivity contribution in [2.75, 3.05) is 13.1 Å². The molecule has 1 fully saturated rings. The molecular formula is C19H17N5O3S2. The number of para-hydroxylation sites is 1. The molecule has 2 aromatic heterocycles. The molecule has 0 radical (unpaired) electrons. The molecule has 0 saturated carbocycles. The number of piperidine rings is 1. The van der Waals surface area contributed by atoms with Crippen LogP contribution in [0.15, 0.2) is 58.5 Å². The molecule has 0 amide bonds. The quantitative estimate of drug-likeness (QED) is 0.498. The Morgan fingerprint density at radius 2 is 1.86 bits per heavy atom. The van der Waals surface area contributed by atoms with Gasteiger partial charge in [-0.05, 0) is 37.1 Å². The first-order valence-electron chi connectivity index (χ1n) is 9.23. The van der Waals surface area contributed by atoms with Crippen LogP contribution < -0.4 is 5.56 Å². The van der Waals surface area contributed by atoms with Gasteiger partial charge in [0, 0.05) is 13.1 Å². The molecule has 4 aromatic rings. The number of hydrogen-bond donors (Lipinski definition) is 0. The lowest BCUT2D eigenvalue weighted by Gasteiger charge is -2.32. The van der Waals surface area contributed by atoms with E-state index < -0.39 is 10.0 Å². The second-order valence-corrected chi connectivity index (χ2v) is 9.46. The van der Waals surface area contributed by atoms with Crippen molar-refractivity contribution < 1.29 is 8.42 Å². The van der Waals surface area contributed by atoms with Crippen molar-refractivity contribution in [3.8, 4) is 0 Å². The molecule has 0 aliphatic carbocycles. The Balaban J connectivity index is 1.52. The highest BCUT2D eigenvalue weighted by Gasteiger charge is 2.33. The third-order valence-corrected chi connectivity index (χ3v) is 7.75. The first kappa shape index (κ1) is 18.3. The van der Waals surface area contributed by atoms with Crippen molar-refractivity contribution >= 4 is 43.7 Å². The van der Waals surface area contributed by atoms with Gasteiger partial charge in [-0.2, -0.15) is 13.1 Å². The standard InChI is InChI=1S/C19H17N5O3S2/c25-19-14-6-1-2-7-15(14)20-12-24(19)13-5-4-10-23(11-13)29(26,27)17-9-3-8-16-18(17)22-28-21-16/h1-3,6-9,12-13H,4-5,10-11H2/t13-/m0/s1. The smallest absolute Gasteiger partial charge is 0.261 e. The normalized spacial score (nSPS) is 18.4. The van der Waals surface area contributed by atoms with Crippen LogP contribution in [0.5, 0.6) is 0 Å². The summed E-state index contributed by atoms with van der Waals surface area (Å²) < 4.78 is 38.0. The highest BCUT2D eigenvalue weighted by atomic mass is 32.2. The van der Waals surface area contributed by atoms with Crippen LogP contribution in [0.4, 0.5) is 0 Å². The second-order valence-electron chi connectivity index (χ2n) is 7.02. The summed E-state index contributed by atoms with van der Waals surface area (Å²) in [6.45, 7) is 0.624. The summed E-state index contributed by atoms with van der Waals surface area (Å²) in [4.78, 5) is 17.5. The predicted octanol–water partition coefficient (Wildman–Crippen LogP) is 2.43. The number of hydrogen-bond acceptors (Lipinski definition) is 7. The topological polar surface area (TPSA) is 98.1 Å². The lowest BCUT2D eigenvalue weighted by molar-refractivity contribution is 0.262. The zero-order valence-electron chi connectivity index (χ0n) is 15.3. The summed E-state index contributed by atoms with van der Waals surface area (Å²) in [6, 6.07) is 11.9. The van der Waals surface area contributed by atoms with Crippen LogP contribution in [0.25, 0.3) is 21.9 Å². The van der Waals surface area contributed by atoms with Gasteiger partial charge >= 0.3 is 0 Å². The van der Waals surface area contributed by atoms with Crippen molar-refractivity contribution in [3.63, 3.8) is 0 Å². The number of sulfonamides is 1. The number of aromatic nitrogens is 4. The molecule has 0 N–H and O–H groups in total. The molecule has 1 saturated heterocycles. The van der Waals surface area contributed by atoms with Crippen LogP contribution in [0.2, 0.25) is 0 Å². The van der Waals surface area contributed by atoms with Crippen LogP contribution >= 0.6 is 11.7 Å². The van der Waals surface area contributed by atoms with E-state index in [0.717, 1.165) is 11.7 Å². The monoisotopic (exact) mass is 427 g/mol. The van der Waals surface area contributed by atoms with E-state index in [9.17, 15) is 13.2 Å². The highest BCUT2D eigenvalue weighted by molar-refractivity contribution is 7.89. The summed E-state index contributed by atoms with van der Waals surface area (Å²) in [5.41, 5.74) is 1.45. The average Bonchev–Trinajstić information content (AvgIpc) is 3.23. The van der Waals surface area contributed by atoms with Crippen molar-refractivity contribution in [3.05, 3.63) is 59.1 Å². The summed E-state index contributed by atoms with van der Waals surface area (Å²) in [5, 5.41) is 0.535. The predicted molar refractivity (Wildman–Crippen MR) is 110 cm³/mol. The van der Waals surface area contributed by atoms with Crippen LogP contribution in [-0.4, -0.2) is 44.1 Å². The van der Waals surface area contributed by atoms with Crippen molar-refractivity contribution in [1.29, 1.82) is 0 Å². The number of rotatable bonds is 3. The van der Waals surface area contributed by atoms with Crippen LogP contribution in [0, 0.1) is 0 Å². The Labute approximate surface area is 170 Å². The van der Waals surface area contributed by atoms with E-state index in [4.69, 9.17) is 0 Å². The number of fused-ring (bicyclic) bond motifs is 2. The van der Waals surface area contributed by atoms with Crippen LogP contribution in [0.1, 0.15) is 18.9 Å². The van der Waals surface area contributed by atoms with Gasteiger partial charge in [-0.25, -0.2) is 13.4 Å². The Morgan fingerprint density at radius 1 is 1.03 bits per heavy atom. The fourth-order valence-corrected chi connectivity index (χ4v) is 6.11. The maximum atomic E-state index is 13.3. The Hall–Kier alpha value is -2.69. The molecule has 29 heavy (non-hydrogen) atoms. The van der Waals surface area contributed by atoms with Gasteiger partial charge in [-0.1, -0.05) is 18.2 Å². The maximum absolute atomic E-state index is 13.3. The van der Waals surface area contributed by atoms with Gasteiger partial charge in [0.15, 0.2) is 0 Å². The molecule has 148 valence electrons. The van der Waals surface area contributed by atoms with E-state index in [1.54, 1.807) is 41.0 Å². The minimum Gasteiger partial charge on any atom is -0.294 e. The highest BCUT2D eigenvalue weighted by Crippen LogP contribution is 2.29. The van der Waals surface area contributed by atoms with E-state index >= 15 is 0 Å². The zero-order valence-corrected chi connectivity index (χ0v) is 16.9. The minimum atomic E-state index is -3.75. The Bertz CT molecular complexity index is 1380. The summed E-state index contributed by atoms with van der Waals surface area (Å²) in [6.07, 6.45) is 2.90. The SMILES string of the molecule is O=c1c2ccccc2ncn1[C@H]1CCCN(S(=O)(=O)c2cccc3nsnc23)C1. The molecule has 1 aliphatic rings. The van der Waals surface area contributed by atoms with Crippen LogP contribution in [0.3, 0.4) is 0 Å². The van der Waals surface area contributed by atoms with E-state index in [1.807, 2.05) is 6.07 Å². The largest absolute Gasteiger partial charge is 0.294 e. The lowest BCUT2D eigenvalue weighted by atomic mass is 10.1. The number of benzene rings is 2. The van der Waals surface area contributed by atoms with Crippen molar-refractivity contribution in [1.82, 2.24) is 22.6 Å². The van der Waals surface area contributed by atoms with E-state index in [0.29, 0.717) is 41.3 Å². The average molecular weight is 428 g/mol. The minimum absolute atomic E-state index is 0.148. The Morgan fingerprint density at radius 3 is 2.76 bits per heavy atom.